The first-order chi connectivity index (χ1) is 22.0. The Balaban J connectivity index is 1.73. The van der Waals surface area contributed by atoms with Gasteiger partial charge < -0.3 is 34.4 Å². The van der Waals surface area contributed by atoms with E-state index in [1.165, 1.54) is 12.0 Å². The van der Waals surface area contributed by atoms with Gasteiger partial charge in [-0.05, 0) is 39.2 Å². The molecular weight excluding hydrogens is 658 g/mol. The number of hydrogen-bond acceptors (Lipinski definition) is 8. The molecular formula is C34H46BrN3O8. The smallest absolute Gasteiger partial charge is 0.313 e. The quantitative estimate of drug-likeness (QED) is 0.153. The number of nitrogens with zero attached hydrogens (tertiary/aromatic N) is 2. The zero-order chi connectivity index (χ0) is 33.8. The van der Waals surface area contributed by atoms with Crippen LogP contribution in [0.3, 0.4) is 0 Å². The Morgan fingerprint density at radius 2 is 1.91 bits per heavy atom. The van der Waals surface area contributed by atoms with Crippen LogP contribution >= 0.6 is 15.9 Å². The van der Waals surface area contributed by atoms with Gasteiger partial charge in [0.1, 0.15) is 17.7 Å². The number of halogens is 1. The van der Waals surface area contributed by atoms with Crippen molar-refractivity contribution < 1.29 is 38.5 Å². The minimum Gasteiger partial charge on any atom is -0.455 e. The highest BCUT2D eigenvalue weighted by atomic mass is 79.9. The zero-order valence-electron chi connectivity index (χ0n) is 27.0. The number of ether oxygens (including phenoxy) is 3. The molecule has 1 aromatic rings. The number of rotatable bonds is 16. The Labute approximate surface area is 279 Å². The highest BCUT2D eigenvalue weighted by Gasteiger charge is 2.77. The van der Waals surface area contributed by atoms with E-state index in [1.54, 1.807) is 48.2 Å². The number of fused-ring (bicyclic) bond motifs is 1. The van der Waals surface area contributed by atoms with Crippen LogP contribution in [-0.2, 0) is 33.4 Å². The SMILES string of the molecule is C=CCCC(=O)N[C@H](COC)[C@H](OC(=O)[C@@H]1[C@H]2O[C@@]3(CC2Br)[C@H](C(=O)N(CC=C)C(C)C)N([C@H](C)CO)C(=O)[C@@H]13)c1ccccc1. The maximum Gasteiger partial charge on any atom is 0.313 e. The Hall–Kier alpha value is -3.06. The van der Waals surface area contributed by atoms with Gasteiger partial charge in [-0.15, -0.1) is 13.2 Å². The summed E-state index contributed by atoms with van der Waals surface area (Å²) in [5.41, 5.74) is -0.684. The minimum atomic E-state index is -1.32. The van der Waals surface area contributed by atoms with Crippen molar-refractivity contribution in [2.45, 2.75) is 86.8 Å². The Bertz CT molecular complexity index is 1290. The van der Waals surface area contributed by atoms with Crippen LogP contribution < -0.4 is 5.32 Å². The second-order valence-corrected chi connectivity index (χ2v) is 13.7. The third kappa shape index (κ3) is 6.67. The number of aliphatic hydroxyl groups is 1. The highest BCUT2D eigenvalue weighted by Crippen LogP contribution is 2.61. The van der Waals surface area contributed by atoms with Gasteiger partial charge in [-0.25, -0.2) is 0 Å². The third-order valence-corrected chi connectivity index (χ3v) is 10.1. The molecule has 0 aromatic heterocycles. The minimum absolute atomic E-state index is 0.0529. The van der Waals surface area contributed by atoms with Crippen LogP contribution in [0.25, 0.3) is 0 Å². The predicted molar refractivity (Wildman–Crippen MR) is 175 cm³/mol. The van der Waals surface area contributed by atoms with Crippen LogP contribution in [0, 0.1) is 11.8 Å². The number of hydrogen-bond donors (Lipinski definition) is 2. The summed E-state index contributed by atoms with van der Waals surface area (Å²) in [6, 6.07) is 6.32. The summed E-state index contributed by atoms with van der Waals surface area (Å²) in [5.74, 6) is -3.76. The molecule has 3 aliphatic heterocycles. The van der Waals surface area contributed by atoms with Crippen molar-refractivity contribution in [1.29, 1.82) is 0 Å². The van der Waals surface area contributed by atoms with Gasteiger partial charge in [-0.2, -0.15) is 0 Å². The summed E-state index contributed by atoms with van der Waals surface area (Å²) in [6.07, 6.45) is 2.58. The molecule has 2 N–H and O–H groups in total. The van der Waals surface area contributed by atoms with Gasteiger partial charge in [0.2, 0.25) is 17.7 Å². The maximum absolute atomic E-state index is 14.4. The number of carbonyl (C=O) groups excluding carboxylic acids is 4. The number of nitrogens with one attached hydrogen (secondary N) is 1. The van der Waals surface area contributed by atoms with Crippen LogP contribution in [0.5, 0.6) is 0 Å². The first-order valence-electron chi connectivity index (χ1n) is 15.8. The number of carbonyl (C=O) groups is 4. The lowest BCUT2D eigenvalue weighted by Crippen LogP contribution is -2.59. The summed E-state index contributed by atoms with van der Waals surface area (Å²) < 4.78 is 18.3. The first-order valence-corrected chi connectivity index (χ1v) is 16.7. The summed E-state index contributed by atoms with van der Waals surface area (Å²) in [7, 11) is 1.49. The molecule has 0 saturated carbocycles. The molecule has 3 fully saturated rings. The van der Waals surface area contributed by atoms with E-state index in [1.807, 2.05) is 19.9 Å². The van der Waals surface area contributed by atoms with E-state index in [4.69, 9.17) is 14.2 Å². The van der Waals surface area contributed by atoms with Crippen LogP contribution in [0.1, 0.15) is 51.7 Å². The lowest BCUT2D eigenvalue weighted by Gasteiger charge is -2.39. The molecule has 4 rings (SSSR count). The second kappa shape index (κ2) is 15.2. The van der Waals surface area contributed by atoms with Crippen molar-refractivity contribution >= 4 is 39.6 Å². The first kappa shape index (κ1) is 35.8. The molecule has 3 saturated heterocycles. The predicted octanol–water partition coefficient (Wildman–Crippen LogP) is 2.92. The van der Waals surface area contributed by atoms with Gasteiger partial charge >= 0.3 is 5.97 Å². The number of methoxy groups -OCH3 is 1. The molecule has 3 aliphatic rings. The highest BCUT2D eigenvalue weighted by molar-refractivity contribution is 9.09. The molecule has 0 aliphatic carbocycles. The van der Waals surface area contributed by atoms with E-state index in [0.29, 0.717) is 18.4 Å². The van der Waals surface area contributed by atoms with E-state index < -0.39 is 59.6 Å². The van der Waals surface area contributed by atoms with Crippen molar-refractivity contribution in [3.8, 4) is 0 Å². The third-order valence-electron chi connectivity index (χ3n) is 9.21. The van der Waals surface area contributed by atoms with E-state index >= 15 is 0 Å². The van der Waals surface area contributed by atoms with E-state index in [9.17, 15) is 24.3 Å². The Morgan fingerprint density at radius 3 is 2.50 bits per heavy atom. The maximum atomic E-state index is 14.4. The summed E-state index contributed by atoms with van der Waals surface area (Å²) in [5, 5.41) is 13.1. The molecule has 2 bridgehead atoms. The topological polar surface area (TPSA) is 135 Å². The lowest BCUT2D eigenvalue weighted by atomic mass is 9.70. The number of esters is 1. The van der Waals surface area contributed by atoms with E-state index in [-0.39, 0.29) is 48.9 Å². The Morgan fingerprint density at radius 1 is 1.22 bits per heavy atom. The molecule has 1 spiro atoms. The van der Waals surface area contributed by atoms with Gasteiger partial charge in [-0.3, -0.25) is 19.2 Å². The lowest BCUT2D eigenvalue weighted by molar-refractivity contribution is -0.163. The van der Waals surface area contributed by atoms with E-state index in [2.05, 4.69) is 34.4 Å². The average molecular weight is 705 g/mol. The fourth-order valence-electron chi connectivity index (χ4n) is 7.16. The number of alkyl halides is 1. The van der Waals surface area contributed by atoms with Gasteiger partial charge in [0, 0.05) is 30.9 Å². The van der Waals surface area contributed by atoms with E-state index in [0.717, 1.165) is 0 Å². The molecule has 0 radical (unpaired) electrons. The Kier molecular flexibility index (Phi) is 11.8. The number of aliphatic hydroxyl groups excluding tert-OH is 1. The fraction of sp³-hybridized carbons (Fsp3) is 0.588. The molecule has 3 heterocycles. The van der Waals surface area contributed by atoms with Crippen LogP contribution in [0.4, 0.5) is 0 Å². The molecule has 3 amide bonds. The number of benzene rings is 1. The van der Waals surface area contributed by atoms with Crippen LogP contribution in [0.15, 0.2) is 55.6 Å². The monoisotopic (exact) mass is 703 g/mol. The second-order valence-electron chi connectivity index (χ2n) is 12.5. The largest absolute Gasteiger partial charge is 0.455 e. The summed E-state index contributed by atoms with van der Waals surface area (Å²) in [4.78, 5) is 58.5. The molecule has 9 atom stereocenters. The number of amides is 3. The molecule has 252 valence electrons. The van der Waals surface area contributed by atoms with Gasteiger partial charge in [0.05, 0.1) is 43.2 Å². The van der Waals surface area contributed by atoms with Crippen molar-refractivity contribution in [1.82, 2.24) is 15.1 Å². The molecule has 1 unspecified atom stereocenters. The van der Waals surface area contributed by atoms with Crippen molar-refractivity contribution in [2.24, 2.45) is 11.8 Å². The van der Waals surface area contributed by atoms with Gasteiger partial charge in [0.15, 0.2) is 0 Å². The van der Waals surface area contributed by atoms with Gasteiger partial charge in [0.25, 0.3) is 0 Å². The molecule has 11 nitrogen and oxygen atoms in total. The van der Waals surface area contributed by atoms with Crippen LogP contribution in [-0.4, -0.2) is 106 Å². The summed E-state index contributed by atoms with van der Waals surface area (Å²) in [6.45, 7) is 12.8. The van der Waals surface area contributed by atoms with Gasteiger partial charge in [-0.1, -0.05) is 58.4 Å². The van der Waals surface area contributed by atoms with Crippen molar-refractivity contribution in [3.63, 3.8) is 0 Å². The standard InChI is InChI=1S/C34H46BrN3O8/c1-7-9-15-25(40)36-24(19-44-6)28(22-13-11-10-12-14-22)45-33(43)26-27-31(41)38(21(5)18-39)30(32(42)37(16-8-2)20(3)4)34(27)17-23(35)29(26)46-34/h7-8,10-14,20-21,23-24,26-30,39H,1-2,9,15-19H2,3-6H3,(H,36,40)/t21-,23?,24-,26+,27-,28-,29+,30+,34-/m1/s1. The normalized spacial score (nSPS) is 28.4. The van der Waals surface area contributed by atoms with Crippen LogP contribution in [0.2, 0.25) is 0 Å². The zero-order valence-corrected chi connectivity index (χ0v) is 28.6. The average Bonchev–Trinajstić information content (AvgIpc) is 3.63. The van der Waals surface area contributed by atoms with Crippen molar-refractivity contribution in [2.75, 3.05) is 26.9 Å². The molecule has 12 heteroatoms. The summed E-state index contributed by atoms with van der Waals surface area (Å²) >= 11 is 3.69. The van der Waals surface area contributed by atoms with Crippen molar-refractivity contribution in [3.05, 3.63) is 61.2 Å². The number of likely N-dealkylation sites (tertiary alicyclic amines) is 1. The molecule has 1 aromatic carbocycles. The fourth-order valence-corrected chi connectivity index (χ4v) is 8.10. The number of allylic oxidation sites excluding steroid dienone is 1. The molecule has 46 heavy (non-hydrogen) atoms.